The Balaban J connectivity index is 1.19. The molecule has 1 aromatic carbocycles. The van der Waals surface area contributed by atoms with Crippen LogP contribution < -0.4 is 10.1 Å². The lowest BCUT2D eigenvalue weighted by molar-refractivity contribution is -0.149. The van der Waals surface area contributed by atoms with Crippen LogP contribution in [0.4, 0.5) is 35.1 Å². The lowest BCUT2D eigenvalue weighted by Crippen LogP contribution is -2.57. The Morgan fingerprint density at radius 2 is 1.71 bits per heavy atom. The van der Waals surface area contributed by atoms with Crippen molar-refractivity contribution >= 4 is 22.8 Å². The van der Waals surface area contributed by atoms with Crippen LogP contribution in [0.15, 0.2) is 30.6 Å². The number of ether oxygens (including phenoxy) is 1. The van der Waals surface area contributed by atoms with E-state index in [2.05, 4.69) is 15.3 Å². The number of carboxylic acid groups (broad SMARTS) is 1. The third-order valence-corrected chi connectivity index (χ3v) is 12.5. The average Bonchev–Trinajstić information content (AvgIpc) is 3.61. The summed E-state index contributed by atoms with van der Waals surface area (Å²) in [6, 6.07) is 4.21. The van der Waals surface area contributed by atoms with E-state index in [1.165, 1.54) is 18.1 Å². The second kappa shape index (κ2) is 14.7. The number of aliphatic carboxylic acids is 1. The number of carbonyl (C=O) groups excluding carboxylic acids is 1. The molecule has 9 nitrogen and oxygen atoms in total. The zero-order valence-corrected chi connectivity index (χ0v) is 31.0. The molecule has 17 heteroatoms. The molecular formula is C39H45F8N5O4. The summed E-state index contributed by atoms with van der Waals surface area (Å²) in [4.78, 5) is 35.6. The molecule has 2 bridgehead atoms. The smallest absolute Gasteiger partial charge is 0.434 e. The lowest BCUT2D eigenvalue weighted by atomic mass is 9.78. The van der Waals surface area contributed by atoms with Crippen molar-refractivity contribution in [3.05, 3.63) is 41.9 Å². The highest BCUT2D eigenvalue weighted by atomic mass is 19.4. The van der Waals surface area contributed by atoms with Gasteiger partial charge < -0.3 is 19.7 Å². The van der Waals surface area contributed by atoms with Gasteiger partial charge in [0.2, 0.25) is 5.92 Å². The van der Waals surface area contributed by atoms with Crippen LogP contribution in [0.5, 0.6) is 5.75 Å². The molecule has 4 fully saturated rings. The van der Waals surface area contributed by atoms with Gasteiger partial charge in [-0.05, 0) is 101 Å². The summed E-state index contributed by atoms with van der Waals surface area (Å²) in [5.41, 5.74) is -3.53. The van der Waals surface area contributed by atoms with Crippen molar-refractivity contribution in [2.24, 2.45) is 17.8 Å². The fourth-order valence-electron chi connectivity index (χ4n) is 9.86. The molecule has 3 aromatic rings. The van der Waals surface area contributed by atoms with E-state index in [-0.39, 0.29) is 67.5 Å². The van der Waals surface area contributed by atoms with Gasteiger partial charge in [-0.15, -0.1) is 0 Å². The monoisotopic (exact) mass is 799 g/mol. The molecule has 7 rings (SSSR count). The largest absolute Gasteiger partial charge is 0.490 e. The normalized spacial score (nSPS) is 28.4. The summed E-state index contributed by atoms with van der Waals surface area (Å²) in [5.74, 6) is -5.55. The summed E-state index contributed by atoms with van der Waals surface area (Å²) in [6.07, 6.45) is -4.12. The molecule has 1 amide bonds. The molecule has 0 radical (unpaired) electrons. The second-order valence-corrected chi connectivity index (χ2v) is 16.6. The highest BCUT2D eigenvalue weighted by Gasteiger charge is 2.56. The standard InChI is InChI=1S/C39H45F8N5O4/c1-21-13-22-15-23(14-21)37(17-22,35(54)55)50-34(53)29-18-48-33(49-32(29)39(45,46)47)30-19-52(25-9-11-36(40,41)12-10-25)31-16-27(7-8-28(30)31)56-26-5-3-24(4-6-26)51(2)20-38(42,43)44/h7-8,16,18-19,21-26H,3-6,9-15,17,20H2,1-2H3,(H,50,53)(H,54,55)/t21?,22?,23?,24-,26-,37?. The first-order chi connectivity index (χ1) is 26.2. The van der Waals surface area contributed by atoms with E-state index in [1.807, 2.05) is 6.92 Å². The van der Waals surface area contributed by atoms with Crippen molar-refractivity contribution in [1.82, 2.24) is 24.8 Å². The molecule has 4 unspecified atom stereocenters. The summed E-state index contributed by atoms with van der Waals surface area (Å²) >= 11 is 0. The van der Waals surface area contributed by atoms with Crippen molar-refractivity contribution < 1.29 is 54.6 Å². The number of halogens is 8. The topological polar surface area (TPSA) is 110 Å². The fraction of sp³-hybridized carbons (Fsp3) is 0.641. The SMILES string of the molecule is CC1CC2CC(C1)C(NC(=O)c1cnc(-c3cn(C4CCC(F)(F)CC4)c4cc(O[C@H]5CC[C@H](N(C)CC(F)(F)F)CC5)ccc34)nc1C(F)(F)F)(C(=O)O)C2. The molecule has 2 aromatic heterocycles. The molecule has 4 aliphatic carbocycles. The third kappa shape index (κ3) is 8.19. The van der Waals surface area contributed by atoms with Crippen molar-refractivity contribution in [3.8, 4) is 17.1 Å². The molecule has 4 atom stereocenters. The highest BCUT2D eigenvalue weighted by molar-refractivity contribution is 6.00. The van der Waals surface area contributed by atoms with Gasteiger partial charge in [0.25, 0.3) is 5.91 Å². The predicted octanol–water partition coefficient (Wildman–Crippen LogP) is 9.06. The number of aromatic nitrogens is 3. The minimum atomic E-state index is -5.13. The number of nitrogens with one attached hydrogen (secondary N) is 1. The average molecular weight is 800 g/mol. The molecular weight excluding hydrogens is 754 g/mol. The molecule has 0 spiro atoms. The Labute approximate surface area is 318 Å². The molecule has 0 saturated heterocycles. The summed E-state index contributed by atoms with van der Waals surface area (Å²) in [6.45, 7) is 0.974. The van der Waals surface area contributed by atoms with E-state index in [4.69, 9.17) is 4.74 Å². The number of benzene rings is 1. The van der Waals surface area contributed by atoms with Crippen molar-refractivity contribution in [2.45, 2.75) is 126 Å². The Bertz CT molecular complexity index is 1950. The van der Waals surface area contributed by atoms with Crippen LogP contribution in [-0.2, 0) is 11.0 Å². The summed E-state index contributed by atoms with van der Waals surface area (Å²) < 4.78 is 119. The van der Waals surface area contributed by atoms with Crippen LogP contribution in [0, 0.1) is 17.8 Å². The Morgan fingerprint density at radius 1 is 1.02 bits per heavy atom. The Hall–Kier alpha value is -4.02. The highest BCUT2D eigenvalue weighted by Crippen LogP contribution is 2.51. The number of carbonyl (C=O) groups is 2. The van der Waals surface area contributed by atoms with Crippen LogP contribution >= 0.6 is 0 Å². The molecule has 2 heterocycles. The fourth-order valence-corrected chi connectivity index (χ4v) is 9.86. The third-order valence-electron chi connectivity index (χ3n) is 12.5. The first-order valence-electron chi connectivity index (χ1n) is 19.2. The van der Waals surface area contributed by atoms with Crippen molar-refractivity contribution in [1.29, 1.82) is 0 Å². The van der Waals surface area contributed by atoms with Gasteiger partial charge in [0.05, 0.1) is 23.7 Å². The summed E-state index contributed by atoms with van der Waals surface area (Å²) in [5, 5.41) is 13.2. The number of carboxylic acids is 1. The maximum Gasteiger partial charge on any atom is 0.434 e. The van der Waals surface area contributed by atoms with Crippen LogP contribution in [0.25, 0.3) is 22.3 Å². The van der Waals surface area contributed by atoms with Gasteiger partial charge in [0.1, 0.15) is 11.3 Å². The summed E-state index contributed by atoms with van der Waals surface area (Å²) in [7, 11) is 1.44. The Morgan fingerprint density at radius 3 is 2.36 bits per heavy atom. The lowest BCUT2D eigenvalue weighted by Gasteiger charge is -2.35. The van der Waals surface area contributed by atoms with E-state index in [9.17, 15) is 49.8 Å². The molecule has 306 valence electrons. The zero-order valence-electron chi connectivity index (χ0n) is 31.0. The first-order valence-corrected chi connectivity index (χ1v) is 19.2. The minimum Gasteiger partial charge on any atom is -0.490 e. The predicted molar refractivity (Wildman–Crippen MR) is 188 cm³/mol. The first kappa shape index (κ1) is 40.2. The zero-order chi connectivity index (χ0) is 40.4. The number of hydrogen-bond acceptors (Lipinski definition) is 6. The number of alkyl halides is 8. The molecule has 4 aliphatic rings. The Kier molecular flexibility index (Phi) is 10.6. The number of nitrogens with zero attached hydrogens (tertiary/aromatic N) is 4. The molecule has 0 aliphatic heterocycles. The van der Waals surface area contributed by atoms with Crippen LogP contribution in [0.1, 0.15) is 106 Å². The number of hydrogen-bond donors (Lipinski definition) is 2. The van der Waals surface area contributed by atoms with Gasteiger partial charge in [0, 0.05) is 54.3 Å². The minimum absolute atomic E-state index is 0.0214. The number of rotatable bonds is 9. The van der Waals surface area contributed by atoms with Gasteiger partial charge >= 0.3 is 18.3 Å². The maximum atomic E-state index is 14.7. The van der Waals surface area contributed by atoms with Gasteiger partial charge in [-0.1, -0.05) is 6.92 Å². The van der Waals surface area contributed by atoms with E-state index in [0.29, 0.717) is 55.2 Å². The van der Waals surface area contributed by atoms with Gasteiger partial charge in [-0.25, -0.2) is 23.5 Å². The molecule has 56 heavy (non-hydrogen) atoms. The second-order valence-electron chi connectivity index (χ2n) is 16.6. The van der Waals surface area contributed by atoms with Crippen molar-refractivity contribution in [2.75, 3.05) is 13.6 Å². The van der Waals surface area contributed by atoms with Gasteiger partial charge in [0.15, 0.2) is 11.5 Å². The quantitative estimate of drug-likeness (QED) is 0.208. The molecule has 4 saturated carbocycles. The van der Waals surface area contributed by atoms with E-state index in [0.717, 1.165) is 12.6 Å². The molecule has 2 N–H and O–H groups in total. The van der Waals surface area contributed by atoms with E-state index < -0.39 is 65.5 Å². The number of fused-ring (bicyclic) bond motifs is 3. The van der Waals surface area contributed by atoms with E-state index >= 15 is 0 Å². The van der Waals surface area contributed by atoms with Crippen molar-refractivity contribution in [3.63, 3.8) is 0 Å². The maximum absolute atomic E-state index is 14.7. The van der Waals surface area contributed by atoms with Crippen LogP contribution in [0.3, 0.4) is 0 Å². The van der Waals surface area contributed by atoms with Crippen LogP contribution in [-0.4, -0.2) is 79.8 Å². The number of amides is 1. The van der Waals surface area contributed by atoms with Crippen LogP contribution in [0.2, 0.25) is 0 Å². The van der Waals surface area contributed by atoms with Gasteiger partial charge in [-0.2, -0.15) is 26.3 Å². The van der Waals surface area contributed by atoms with Gasteiger partial charge in [-0.3, -0.25) is 9.69 Å². The van der Waals surface area contributed by atoms with E-state index in [1.54, 1.807) is 22.8 Å².